The molecule has 2 aromatic heterocycles. The van der Waals surface area contributed by atoms with Crippen molar-refractivity contribution in [3.63, 3.8) is 0 Å². The van der Waals surface area contributed by atoms with Crippen LogP contribution in [0.2, 0.25) is 0 Å². The lowest BCUT2D eigenvalue weighted by Gasteiger charge is -2.13. The maximum atomic E-state index is 12.0. The molecule has 1 aliphatic carbocycles. The van der Waals surface area contributed by atoms with E-state index in [2.05, 4.69) is 26.5 Å². The summed E-state index contributed by atoms with van der Waals surface area (Å²) in [5, 5.41) is 7.50. The van der Waals surface area contributed by atoms with Crippen molar-refractivity contribution >= 4 is 22.9 Å². The molecule has 0 saturated heterocycles. The molecule has 0 saturated carbocycles. The van der Waals surface area contributed by atoms with E-state index in [1.54, 1.807) is 6.92 Å². The molecule has 0 spiro atoms. The maximum Gasteiger partial charge on any atom is 0.361 e. The number of fused-ring (bicyclic) bond motifs is 1. The van der Waals surface area contributed by atoms with Gasteiger partial charge in [0.2, 0.25) is 5.69 Å². The standard InChI is InChI=1S/C16H20N4O3/c1-2-22-16(21)13-12-14(18-10-19-15(12)23-20-13)17-9-8-11-6-4-3-5-7-11/h6,10H,2-5,7-9H2,1H3,(H,17,18,19). The van der Waals surface area contributed by atoms with Crippen molar-refractivity contribution in [2.24, 2.45) is 0 Å². The third-order valence-corrected chi connectivity index (χ3v) is 3.87. The molecule has 1 aliphatic rings. The van der Waals surface area contributed by atoms with Gasteiger partial charge in [0.05, 0.1) is 6.61 Å². The lowest BCUT2D eigenvalue weighted by Crippen LogP contribution is -2.09. The van der Waals surface area contributed by atoms with E-state index in [1.807, 2.05) is 0 Å². The Morgan fingerprint density at radius 3 is 3.09 bits per heavy atom. The van der Waals surface area contributed by atoms with Crippen LogP contribution >= 0.6 is 0 Å². The summed E-state index contributed by atoms with van der Waals surface area (Å²) in [4.78, 5) is 20.2. The third-order valence-electron chi connectivity index (χ3n) is 3.87. The molecule has 7 nitrogen and oxygen atoms in total. The minimum atomic E-state index is -0.529. The number of nitrogens with one attached hydrogen (secondary N) is 1. The van der Waals surface area contributed by atoms with Gasteiger partial charge in [-0.2, -0.15) is 4.98 Å². The molecule has 0 amide bonds. The molecule has 23 heavy (non-hydrogen) atoms. The largest absolute Gasteiger partial charge is 0.461 e. The molecular weight excluding hydrogens is 296 g/mol. The molecule has 0 aliphatic heterocycles. The van der Waals surface area contributed by atoms with Gasteiger partial charge >= 0.3 is 5.97 Å². The zero-order valence-electron chi connectivity index (χ0n) is 13.2. The monoisotopic (exact) mass is 316 g/mol. The average molecular weight is 316 g/mol. The highest BCUT2D eigenvalue weighted by molar-refractivity contribution is 6.04. The summed E-state index contributed by atoms with van der Waals surface area (Å²) in [6, 6.07) is 0. The molecule has 2 heterocycles. The first-order chi connectivity index (χ1) is 11.3. The number of ether oxygens (including phenoxy) is 1. The van der Waals surface area contributed by atoms with E-state index >= 15 is 0 Å². The van der Waals surface area contributed by atoms with E-state index < -0.39 is 5.97 Å². The van der Waals surface area contributed by atoms with Crippen LogP contribution in [0.3, 0.4) is 0 Å². The highest BCUT2D eigenvalue weighted by atomic mass is 16.5. The molecule has 0 bridgehead atoms. The molecule has 0 atom stereocenters. The summed E-state index contributed by atoms with van der Waals surface area (Å²) in [5.74, 6) is 0.0230. The van der Waals surface area contributed by atoms with Crippen LogP contribution in [0, 0.1) is 0 Å². The number of carbonyl (C=O) groups excluding carboxylic acids is 1. The van der Waals surface area contributed by atoms with Crippen molar-refractivity contribution in [1.82, 2.24) is 15.1 Å². The van der Waals surface area contributed by atoms with Gasteiger partial charge in [0.1, 0.15) is 17.5 Å². The summed E-state index contributed by atoms with van der Waals surface area (Å²) >= 11 is 0. The first-order valence-corrected chi connectivity index (χ1v) is 7.99. The molecule has 0 radical (unpaired) electrons. The number of hydrogen-bond acceptors (Lipinski definition) is 7. The number of allylic oxidation sites excluding steroid dienone is 1. The van der Waals surface area contributed by atoms with Gasteiger partial charge in [-0.1, -0.05) is 16.8 Å². The fourth-order valence-corrected chi connectivity index (χ4v) is 2.73. The summed E-state index contributed by atoms with van der Waals surface area (Å²) in [7, 11) is 0. The van der Waals surface area contributed by atoms with Crippen molar-refractivity contribution < 1.29 is 14.1 Å². The second-order valence-electron chi connectivity index (χ2n) is 5.44. The van der Waals surface area contributed by atoms with Gasteiger partial charge in [0.15, 0.2) is 0 Å². The van der Waals surface area contributed by atoms with Crippen molar-refractivity contribution in [2.45, 2.75) is 39.0 Å². The van der Waals surface area contributed by atoms with E-state index in [4.69, 9.17) is 9.26 Å². The first-order valence-electron chi connectivity index (χ1n) is 7.99. The van der Waals surface area contributed by atoms with Crippen LogP contribution < -0.4 is 5.32 Å². The van der Waals surface area contributed by atoms with Crippen LogP contribution in [0.5, 0.6) is 0 Å². The molecule has 3 rings (SSSR count). The quantitative estimate of drug-likeness (QED) is 0.647. The molecule has 2 aromatic rings. The fraction of sp³-hybridized carbons (Fsp3) is 0.500. The van der Waals surface area contributed by atoms with Gasteiger partial charge in [-0.05, 0) is 39.0 Å². The van der Waals surface area contributed by atoms with Gasteiger partial charge < -0.3 is 14.6 Å². The summed E-state index contributed by atoms with van der Waals surface area (Å²) in [6.07, 6.45) is 9.57. The molecule has 0 aromatic carbocycles. The Balaban J connectivity index is 1.75. The van der Waals surface area contributed by atoms with E-state index in [1.165, 1.54) is 37.6 Å². The molecule has 0 unspecified atom stereocenters. The van der Waals surface area contributed by atoms with Gasteiger partial charge in [0, 0.05) is 6.54 Å². The maximum absolute atomic E-state index is 12.0. The molecular formula is C16H20N4O3. The van der Waals surface area contributed by atoms with Gasteiger partial charge in [0.25, 0.3) is 5.71 Å². The molecule has 7 heteroatoms. The highest BCUT2D eigenvalue weighted by Crippen LogP contribution is 2.25. The van der Waals surface area contributed by atoms with Crippen LogP contribution in [0.25, 0.3) is 11.1 Å². The van der Waals surface area contributed by atoms with Crippen LogP contribution in [-0.2, 0) is 4.74 Å². The highest BCUT2D eigenvalue weighted by Gasteiger charge is 2.22. The van der Waals surface area contributed by atoms with Crippen molar-refractivity contribution in [3.05, 3.63) is 23.7 Å². The van der Waals surface area contributed by atoms with Crippen molar-refractivity contribution in [1.29, 1.82) is 0 Å². The lowest BCUT2D eigenvalue weighted by molar-refractivity contribution is 0.0517. The Bertz CT molecular complexity index is 723. The van der Waals surface area contributed by atoms with Crippen molar-refractivity contribution in [2.75, 3.05) is 18.5 Å². The fourth-order valence-electron chi connectivity index (χ4n) is 2.73. The van der Waals surface area contributed by atoms with Gasteiger partial charge in [-0.15, -0.1) is 0 Å². The first kappa shape index (κ1) is 15.5. The minimum absolute atomic E-state index is 0.113. The Morgan fingerprint density at radius 1 is 1.39 bits per heavy atom. The summed E-state index contributed by atoms with van der Waals surface area (Å²) < 4.78 is 10.1. The lowest BCUT2D eigenvalue weighted by atomic mass is 9.97. The Kier molecular flexibility index (Phi) is 4.85. The average Bonchev–Trinajstić information content (AvgIpc) is 3.01. The predicted octanol–water partition coefficient (Wildman–Crippen LogP) is 3.10. The van der Waals surface area contributed by atoms with Gasteiger partial charge in [-0.25, -0.2) is 9.78 Å². The second kappa shape index (κ2) is 7.21. The van der Waals surface area contributed by atoms with Crippen LogP contribution in [-0.4, -0.2) is 34.2 Å². The zero-order chi connectivity index (χ0) is 16.1. The van der Waals surface area contributed by atoms with Crippen molar-refractivity contribution in [3.8, 4) is 0 Å². The second-order valence-corrected chi connectivity index (χ2v) is 5.44. The molecule has 122 valence electrons. The number of aromatic nitrogens is 3. The van der Waals surface area contributed by atoms with Crippen LogP contribution in [0.15, 0.2) is 22.5 Å². The number of anilines is 1. The van der Waals surface area contributed by atoms with Crippen LogP contribution in [0.1, 0.15) is 49.5 Å². The smallest absolute Gasteiger partial charge is 0.361 e. The normalized spacial score (nSPS) is 14.6. The Hall–Kier alpha value is -2.44. The summed E-state index contributed by atoms with van der Waals surface area (Å²) in [5.41, 5.74) is 1.87. The van der Waals surface area contributed by atoms with E-state index in [0.29, 0.717) is 11.2 Å². The predicted molar refractivity (Wildman–Crippen MR) is 85.2 cm³/mol. The molecule has 1 N–H and O–H groups in total. The zero-order valence-corrected chi connectivity index (χ0v) is 13.2. The topological polar surface area (TPSA) is 90.1 Å². The Labute approximate surface area is 134 Å². The molecule has 0 fully saturated rings. The van der Waals surface area contributed by atoms with Crippen LogP contribution in [0.4, 0.5) is 5.82 Å². The summed E-state index contributed by atoms with van der Waals surface area (Å²) in [6.45, 7) is 2.76. The van der Waals surface area contributed by atoms with Gasteiger partial charge in [-0.3, -0.25) is 0 Å². The number of esters is 1. The SMILES string of the molecule is CCOC(=O)c1noc2ncnc(NCCC3=CCCCC3)c12. The minimum Gasteiger partial charge on any atom is -0.461 e. The number of nitrogens with zero attached hydrogens (tertiary/aromatic N) is 3. The number of hydrogen-bond donors (Lipinski definition) is 1. The third kappa shape index (κ3) is 3.49. The van der Waals surface area contributed by atoms with E-state index in [0.717, 1.165) is 13.0 Å². The van der Waals surface area contributed by atoms with E-state index in [-0.39, 0.29) is 18.0 Å². The number of carbonyl (C=O) groups is 1. The van der Waals surface area contributed by atoms with E-state index in [9.17, 15) is 4.79 Å². The number of rotatable bonds is 6. The Morgan fingerprint density at radius 2 is 2.30 bits per heavy atom.